The molecular formula is C30H36ClN3O5S. The summed E-state index contributed by atoms with van der Waals surface area (Å²) in [5.74, 6) is -0.334. The molecule has 3 rings (SSSR count). The monoisotopic (exact) mass is 585 g/mol. The molecule has 0 fully saturated rings. The van der Waals surface area contributed by atoms with Crippen molar-refractivity contribution >= 4 is 39.1 Å². The van der Waals surface area contributed by atoms with Gasteiger partial charge in [0.05, 0.1) is 17.7 Å². The molecule has 3 aromatic rings. The minimum atomic E-state index is -4.16. The van der Waals surface area contributed by atoms with Crippen LogP contribution in [-0.4, -0.2) is 50.9 Å². The first-order valence-electron chi connectivity index (χ1n) is 13.2. The molecule has 40 heavy (non-hydrogen) atoms. The van der Waals surface area contributed by atoms with Gasteiger partial charge < -0.3 is 15.0 Å². The van der Waals surface area contributed by atoms with Gasteiger partial charge in [0.25, 0.3) is 10.0 Å². The predicted molar refractivity (Wildman–Crippen MR) is 158 cm³/mol. The topological polar surface area (TPSA) is 96.0 Å². The summed E-state index contributed by atoms with van der Waals surface area (Å²) in [4.78, 5) is 28.8. The summed E-state index contributed by atoms with van der Waals surface area (Å²) >= 11 is 6.43. The van der Waals surface area contributed by atoms with Crippen molar-refractivity contribution in [3.05, 3.63) is 89.4 Å². The molecule has 0 aromatic heterocycles. The number of sulfonamides is 1. The maximum absolute atomic E-state index is 14.1. The number of nitrogens with zero attached hydrogens (tertiary/aromatic N) is 2. The summed E-state index contributed by atoms with van der Waals surface area (Å²) in [6, 6.07) is 20.5. The highest BCUT2D eigenvalue weighted by Gasteiger charge is 2.34. The van der Waals surface area contributed by atoms with Crippen LogP contribution in [0.5, 0.6) is 5.75 Å². The van der Waals surface area contributed by atoms with Gasteiger partial charge in [-0.1, -0.05) is 61.8 Å². The van der Waals surface area contributed by atoms with E-state index in [4.69, 9.17) is 16.3 Å². The molecule has 3 aromatic carbocycles. The average Bonchev–Trinajstić information content (AvgIpc) is 2.96. The van der Waals surface area contributed by atoms with Crippen molar-refractivity contribution in [3.63, 3.8) is 0 Å². The summed E-state index contributed by atoms with van der Waals surface area (Å²) in [6.07, 6.45) is 1.05. The van der Waals surface area contributed by atoms with E-state index in [1.165, 1.54) is 24.1 Å². The highest BCUT2D eigenvalue weighted by Crippen LogP contribution is 2.26. The largest absolute Gasteiger partial charge is 0.497 e. The number of hydrogen-bond donors (Lipinski definition) is 1. The molecule has 10 heteroatoms. The van der Waals surface area contributed by atoms with Gasteiger partial charge in [-0.05, 0) is 67.8 Å². The fraction of sp³-hybridized carbons (Fsp3) is 0.333. The number of rotatable bonds is 13. The van der Waals surface area contributed by atoms with Gasteiger partial charge in [0.15, 0.2) is 0 Å². The number of amides is 2. The molecule has 0 saturated carbocycles. The van der Waals surface area contributed by atoms with Crippen LogP contribution in [0.1, 0.15) is 39.2 Å². The van der Waals surface area contributed by atoms with Crippen molar-refractivity contribution in [2.24, 2.45) is 0 Å². The van der Waals surface area contributed by atoms with Crippen LogP contribution in [0.25, 0.3) is 0 Å². The fourth-order valence-electron chi connectivity index (χ4n) is 4.17. The molecule has 0 radical (unpaired) electrons. The number of nitrogens with one attached hydrogen (secondary N) is 1. The van der Waals surface area contributed by atoms with Crippen LogP contribution in [0, 0.1) is 0 Å². The Bertz CT molecular complexity index is 1380. The Labute approximate surface area is 241 Å². The van der Waals surface area contributed by atoms with Gasteiger partial charge in [0, 0.05) is 17.6 Å². The molecular weight excluding hydrogens is 550 g/mol. The Morgan fingerprint density at radius 1 is 0.925 bits per heavy atom. The molecule has 0 bridgehead atoms. The van der Waals surface area contributed by atoms with E-state index in [0.29, 0.717) is 28.4 Å². The van der Waals surface area contributed by atoms with Gasteiger partial charge in [-0.3, -0.25) is 13.9 Å². The van der Waals surface area contributed by atoms with Crippen LogP contribution in [0.4, 0.5) is 5.69 Å². The summed E-state index contributed by atoms with van der Waals surface area (Å²) < 4.78 is 34.0. The predicted octanol–water partition coefficient (Wildman–Crippen LogP) is 5.27. The highest BCUT2D eigenvalue weighted by molar-refractivity contribution is 7.92. The van der Waals surface area contributed by atoms with E-state index in [-0.39, 0.29) is 23.4 Å². The lowest BCUT2D eigenvalue weighted by atomic mass is 10.1. The summed E-state index contributed by atoms with van der Waals surface area (Å²) in [7, 11) is -2.67. The van der Waals surface area contributed by atoms with Gasteiger partial charge in [-0.25, -0.2) is 8.42 Å². The molecule has 0 saturated heterocycles. The van der Waals surface area contributed by atoms with E-state index in [0.717, 1.165) is 10.7 Å². The number of carbonyl (C=O) groups is 2. The summed E-state index contributed by atoms with van der Waals surface area (Å²) in [5.41, 5.74) is 0.970. The minimum absolute atomic E-state index is 0.00385. The molecule has 0 aliphatic carbocycles. The Kier molecular flexibility index (Phi) is 11.0. The lowest BCUT2D eigenvalue weighted by Crippen LogP contribution is -2.53. The third-order valence-electron chi connectivity index (χ3n) is 6.66. The maximum Gasteiger partial charge on any atom is 0.264 e. The van der Waals surface area contributed by atoms with Crippen molar-refractivity contribution in [1.82, 2.24) is 10.2 Å². The summed E-state index contributed by atoms with van der Waals surface area (Å²) in [6.45, 7) is 5.19. The molecule has 0 spiro atoms. The molecule has 214 valence electrons. The second-order valence-electron chi connectivity index (χ2n) is 9.38. The zero-order valence-corrected chi connectivity index (χ0v) is 24.8. The molecule has 0 aliphatic heterocycles. The normalized spacial score (nSPS) is 12.7. The maximum atomic E-state index is 14.1. The Balaban J connectivity index is 2.04. The minimum Gasteiger partial charge on any atom is -0.497 e. The molecule has 8 nitrogen and oxygen atoms in total. The standard InChI is InChI=1S/C30H36ClN3O5S/c1-5-22(3)32-30(36)28(6-2)33(20-23-12-10-11-15-27(23)31)29(35)21-34(24-13-8-7-9-14-24)40(37,38)26-18-16-25(39-4)17-19-26/h7-19,22,28H,5-6,20-21H2,1-4H3,(H,32,36)/t22-,28+/m0/s1. The molecule has 1 N–H and O–H groups in total. The Hall–Kier alpha value is -3.56. The average molecular weight is 586 g/mol. The third kappa shape index (κ3) is 7.55. The van der Waals surface area contributed by atoms with Crippen LogP contribution in [-0.2, 0) is 26.2 Å². The second kappa shape index (κ2) is 14.2. The van der Waals surface area contributed by atoms with Crippen LogP contribution in [0.3, 0.4) is 0 Å². The van der Waals surface area contributed by atoms with Gasteiger partial charge in [-0.2, -0.15) is 0 Å². The van der Waals surface area contributed by atoms with E-state index in [1.807, 2.05) is 20.8 Å². The third-order valence-corrected chi connectivity index (χ3v) is 8.81. The SMILES string of the molecule is CC[C@H](C(=O)N[C@@H](C)CC)N(Cc1ccccc1Cl)C(=O)CN(c1ccccc1)S(=O)(=O)c1ccc(OC)cc1. The molecule has 0 unspecified atom stereocenters. The number of methoxy groups -OCH3 is 1. The van der Waals surface area contributed by atoms with E-state index in [2.05, 4.69) is 5.32 Å². The first-order chi connectivity index (χ1) is 19.1. The quantitative estimate of drug-likeness (QED) is 0.295. The van der Waals surface area contributed by atoms with Crippen LogP contribution in [0.2, 0.25) is 5.02 Å². The number of hydrogen-bond acceptors (Lipinski definition) is 5. The van der Waals surface area contributed by atoms with Crippen LogP contribution in [0.15, 0.2) is 83.8 Å². The van der Waals surface area contributed by atoms with E-state index in [9.17, 15) is 18.0 Å². The number of benzene rings is 3. The van der Waals surface area contributed by atoms with Crippen molar-refractivity contribution < 1.29 is 22.7 Å². The van der Waals surface area contributed by atoms with Crippen molar-refractivity contribution in [2.75, 3.05) is 18.0 Å². The van der Waals surface area contributed by atoms with E-state index >= 15 is 0 Å². The van der Waals surface area contributed by atoms with Crippen molar-refractivity contribution in [1.29, 1.82) is 0 Å². The first kappa shape index (κ1) is 31.0. The molecule has 0 heterocycles. The number of carbonyl (C=O) groups excluding carboxylic acids is 2. The number of anilines is 1. The summed E-state index contributed by atoms with van der Waals surface area (Å²) in [5, 5.41) is 3.41. The van der Waals surface area contributed by atoms with E-state index in [1.54, 1.807) is 66.7 Å². The van der Waals surface area contributed by atoms with Gasteiger partial charge in [0.2, 0.25) is 11.8 Å². The number of para-hydroxylation sites is 1. The Morgan fingerprint density at radius 2 is 1.55 bits per heavy atom. The fourth-order valence-corrected chi connectivity index (χ4v) is 5.78. The number of halogens is 1. The van der Waals surface area contributed by atoms with Gasteiger partial charge in [0.1, 0.15) is 18.3 Å². The molecule has 0 aliphatic rings. The smallest absolute Gasteiger partial charge is 0.264 e. The van der Waals surface area contributed by atoms with Crippen molar-refractivity contribution in [3.8, 4) is 5.75 Å². The lowest BCUT2D eigenvalue weighted by Gasteiger charge is -2.34. The lowest BCUT2D eigenvalue weighted by molar-refractivity contribution is -0.140. The van der Waals surface area contributed by atoms with Crippen LogP contribution >= 0.6 is 11.6 Å². The Morgan fingerprint density at radius 3 is 2.12 bits per heavy atom. The molecule has 2 atom stereocenters. The van der Waals surface area contributed by atoms with Crippen molar-refractivity contribution in [2.45, 2.75) is 57.1 Å². The molecule has 2 amide bonds. The second-order valence-corrected chi connectivity index (χ2v) is 11.6. The zero-order valence-electron chi connectivity index (χ0n) is 23.2. The van der Waals surface area contributed by atoms with Gasteiger partial charge >= 0.3 is 0 Å². The zero-order chi connectivity index (χ0) is 29.3. The van der Waals surface area contributed by atoms with Crippen LogP contribution < -0.4 is 14.4 Å². The van der Waals surface area contributed by atoms with Gasteiger partial charge in [-0.15, -0.1) is 0 Å². The highest BCUT2D eigenvalue weighted by atomic mass is 35.5. The number of ether oxygens (including phenoxy) is 1. The van der Waals surface area contributed by atoms with E-state index < -0.39 is 28.5 Å². The first-order valence-corrected chi connectivity index (χ1v) is 15.0.